The van der Waals surface area contributed by atoms with Crippen LogP contribution in [0.2, 0.25) is 0 Å². The standard InChI is InChI=1S/C10H21NO2S/c1-5-9(4)7-10(6-8(2)3)14(11,12)13/h5,8-10H,1,6-7H2,2-4H3,(H2,11,12,13)/t9-,10-/m1/s1. The molecule has 0 aromatic carbocycles. The molecule has 0 radical (unpaired) electrons. The van der Waals surface area contributed by atoms with Crippen LogP contribution in [0.15, 0.2) is 12.7 Å². The molecule has 14 heavy (non-hydrogen) atoms. The number of allylic oxidation sites excluding steroid dienone is 1. The van der Waals surface area contributed by atoms with Crippen LogP contribution in [0, 0.1) is 11.8 Å². The van der Waals surface area contributed by atoms with Crippen molar-refractivity contribution in [3.63, 3.8) is 0 Å². The van der Waals surface area contributed by atoms with Crippen molar-refractivity contribution in [2.24, 2.45) is 17.0 Å². The van der Waals surface area contributed by atoms with E-state index in [4.69, 9.17) is 5.14 Å². The molecule has 2 atom stereocenters. The Kier molecular flexibility index (Phi) is 5.37. The molecule has 0 aliphatic carbocycles. The van der Waals surface area contributed by atoms with E-state index in [1.807, 2.05) is 20.8 Å². The third kappa shape index (κ3) is 5.40. The summed E-state index contributed by atoms with van der Waals surface area (Å²) in [5.41, 5.74) is 0. The van der Waals surface area contributed by atoms with Crippen molar-refractivity contribution < 1.29 is 8.42 Å². The van der Waals surface area contributed by atoms with E-state index in [2.05, 4.69) is 6.58 Å². The lowest BCUT2D eigenvalue weighted by Gasteiger charge is -2.18. The first-order valence-corrected chi connectivity index (χ1v) is 6.52. The molecule has 2 N–H and O–H groups in total. The second-order valence-corrected chi connectivity index (χ2v) is 6.13. The first kappa shape index (κ1) is 13.7. The van der Waals surface area contributed by atoms with Crippen molar-refractivity contribution in [1.29, 1.82) is 0 Å². The van der Waals surface area contributed by atoms with Crippen LogP contribution < -0.4 is 5.14 Å². The van der Waals surface area contributed by atoms with Gasteiger partial charge in [0, 0.05) is 0 Å². The molecule has 0 saturated carbocycles. The summed E-state index contributed by atoms with van der Waals surface area (Å²) in [7, 11) is -3.41. The smallest absolute Gasteiger partial charge is 0.211 e. The van der Waals surface area contributed by atoms with Crippen LogP contribution in [0.4, 0.5) is 0 Å². The number of primary sulfonamides is 1. The Morgan fingerprint density at radius 1 is 1.29 bits per heavy atom. The Morgan fingerprint density at radius 3 is 2.07 bits per heavy atom. The number of sulfonamides is 1. The van der Waals surface area contributed by atoms with Gasteiger partial charge in [0.1, 0.15) is 0 Å². The van der Waals surface area contributed by atoms with Gasteiger partial charge in [-0.3, -0.25) is 0 Å². The zero-order valence-corrected chi connectivity index (χ0v) is 10.0. The molecule has 0 unspecified atom stereocenters. The van der Waals surface area contributed by atoms with Gasteiger partial charge in [-0.1, -0.05) is 26.8 Å². The van der Waals surface area contributed by atoms with Crippen LogP contribution in [-0.4, -0.2) is 13.7 Å². The summed E-state index contributed by atoms with van der Waals surface area (Å²) >= 11 is 0. The highest BCUT2D eigenvalue weighted by molar-refractivity contribution is 7.89. The number of nitrogens with two attached hydrogens (primary N) is 1. The lowest BCUT2D eigenvalue weighted by Crippen LogP contribution is -2.31. The highest BCUT2D eigenvalue weighted by atomic mass is 32.2. The lowest BCUT2D eigenvalue weighted by atomic mass is 9.99. The Hall–Kier alpha value is -0.350. The fourth-order valence-electron chi connectivity index (χ4n) is 1.40. The Labute approximate surface area is 87.4 Å². The molecule has 3 nitrogen and oxygen atoms in total. The predicted octanol–water partition coefficient (Wildman–Crippen LogP) is 1.90. The molecule has 0 heterocycles. The summed E-state index contributed by atoms with van der Waals surface area (Å²) in [6, 6.07) is 0. The number of hydrogen-bond acceptors (Lipinski definition) is 2. The van der Waals surface area contributed by atoms with Crippen molar-refractivity contribution >= 4 is 10.0 Å². The largest absolute Gasteiger partial charge is 0.228 e. The molecule has 0 bridgehead atoms. The molecule has 0 amide bonds. The molecule has 0 aliphatic heterocycles. The maximum atomic E-state index is 11.3. The SMILES string of the molecule is C=C[C@@H](C)C[C@@H](CC(C)C)S(N)(=O)=O. The van der Waals surface area contributed by atoms with Crippen molar-refractivity contribution in [2.75, 3.05) is 0 Å². The maximum Gasteiger partial charge on any atom is 0.211 e. The van der Waals surface area contributed by atoms with E-state index < -0.39 is 15.3 Å². The second kappa shape index (κ2) is 5.51. The summed E-state index contributed by atoms with van der Waals surface area (Å²) in [6.07, 6.45) is 2.95. The van der Waals surface area contributed by atoms with E-state index in [1.54, 1.807) is 6.08 Å². The van der Waals surface area contributed by atoms with Gasteiger partial charge < -0.3 is 0 Å². The summed E-state index contributed by atoms with van der Waals surface area (Å²) < 4.78 is 22.5. The average Bonchev–Trinajstić information content (AvgIpc) is 2.00. The summed E-state index contributed by atoms with van der Waals surface area (Å²) in [4.78, 5) is 0. The van der Waals surface area contributed by atoms with Gasteiger partial charge >= 0.3 is 0 Å². The minimum atomic E-state index is -3.41. The van der Waals surface area contributed by atoms with Crippen molar-refractivity contribution in [2.45, 2.75) is 38.9 Å². The highest BCUT2D eigenvalue weighted by Gasteiger charge is 2.23. The van der Waals surface area contributed by atoms with Crippen LogP contribution in [0.3, 0.4) is 0 Å². The quantitative estimate of drug-likeness (QED) is 0.694. The first-order chi connectivity index (χ1) is 6.27. The van der Waals surface area contributed by atoms with Crippen LogP contribution in [0.1, 0.15) is 33.6 Å². The number of hydrogen-bond donors (Lipinski definition) is 1. The van der Waals surface area contributed by atoms with Gasteiger partial charge in [0.2, 0.25) is 10.0 Å². The molecular weight excluding hydrogens is 198 g/mol. The van der Waals surface area contributed by atoms with E-state index in [0.29, 0.717) is 18.8 Å². The molecule has 0 aromatic rings. The van der Waals surface area contributed by atoms with E-state index >= 15 is 0 Å². The predicted molar refractivity (Wildman–Crippen MR) is 60.3 cm³/mol. The zero-order valence-electron chi connectivity index (χ0n) is 9.23. The average molecular weight is 219 g/mol. The molecule has 0 fully saturated rings. The topological polar surface area (TPSA) is 60.2 Å². The zero-order chi connectivity index (χ0) is 11.4. The monoisotopic (exact) mass is 219 g/mol. The van der Waals surface area contributed by atoms with Gasteiger partial charge in [-0.25, -0.2) is 13.6 Å². The normalized spacial score (nSPS) is 16.6. The molecule has 4 heteroatoms. The molecule has 0 aliphatic rings. The highest BCUT2D eigenvalue weighted by Crippen LogP contribution is 2.19. The minimum Gasteiger partial charge on any atom is -0.228 e. The van der Waals surface area contributed by atoms with Crippen molar-refractivity contribution in [3.05, 3.63) is 12.7 Å². The van der Waals surface area contributed by atoms with Crippen LogP contribution in [0.25, 0.3) is 0 Å². The summed E-state index contributed by atoms with van der Waals surface area (Å²) in [6.45, 7) is 9.58. The summed E-state index contributed by atoms with van der Waals surface area (Å²) in [5, 5.41) is 4.73. The molecule has 84 valence electrons. The van der Waals surface area contributed by atoms with Gasteiger partial charge in [0.05, 0.1) is 5.25 Å². The second-order valence-electron chi connectivity index (χ2n) is 4.29. The molecular formula is C10H21NO2S. The fourth-order valence-corrected chi connectivity index (χ4v) is 2.63. The minimum absolute atomic E-state index is 0.192. The molecule has 0 spiro atoms. The van der Waals surface area contributed by atoms with Gasteiger partial charge in [-0.15, -0.1) is 6.58 Å². The first-order valence-electron chi connectivity index (χ1n) is 4.91. The Balaban J connectivity index is 4.49. The van der Waals surface area contributed by atoms with Crippen LogP contribution in [-0.2, 0) is 10.0 Å². The van der Waals surface area contributed by atoms with E-state index in [1.165, 1.54) is 0 Å². The maximum absolute atomic E-state index is 11.3. The van der Waals surface area contributed by atoms with E-state index in [0.717, 1.165) is 0 Å². The Morgan fingerprint density at radius 2 is 1.79 bits per heavy atom. The van der Waals surface area contributed by atoms with Crippen molar-refractivity contribution in [1.82, 2.24) is 0 Å². The van der Waals surface area contributed by atoms with Gasteiger partial charge in [0.15, 0.2) is 0 Å². The van der Waals surface area contributed by atoms with Gasteiger partial charge in [-0.2, -0.15) is 0 Å². The van der Waals surface area contributed by atoms with E-state index in [-0.39, 0.29) is 5.92 Å². The Bertz CT molecular complexity index is 270. The van der Waals surface area contributed by atoms with Crippen LogP contribution >= 0.6 is 0 Å². The molecule has 0 rings (SSSR count). The fraction of sp³-hybridized carbons (Fsp3) is 0.800. The van der Waals surface area contributed by atoms with Crippen molar-refractivity contribution in [3.8, 4) is 0 Å². The molecule has 0 saturated heterocycles. The van der Waals surface area contributed by atoms with E-state index in [9.17, 15) is 8.42 Å². The summed E-state index contributed by atoms with van der Waals surface area (Å²) in [5.74, 6) is 0.535. The lowest BCUT2D eigenvalue weighted by molar-refractivity contribution is 0.482. The molecule has 0 aromatic heterocycles. The third-order valence-corrected chi connectivity index (χ3v) is 3.55. The number of rotatable bonds is 6. The van der Waals surface area contributed by atoms with Gasteiger partial charge in [0.25, 0.3) is 0 Å². The van der Waals surface area contributed by atoms with Crippen LogP contribution in [0.5, 0.6) is 0 Å². The van der Waals surface area contributed by atoms with Gasteiger partial charge in [-0.05, 0) is 24.7 Å². The third-order valence-electron chi connectivity index (χ3n) is 2.24.